The Balaban J connectivity index is 2.05. The Labute approximate surface area is 92.3 Å². The Morgan fingerprint density at radius 1 is 1.75 bits per heavy atom. The number of carbonyl (C=O) groups is 1. The summed E-state index contributed by atoms with van der Waals surface area (Å²) >= 11 is 0. The molecular weight excluding hydrogens is 212 g/mol. The van der Waals surface area contributed by atoms with Crippen LogP contribution in [-0.4, -0.2) is 30.3 Å². The summed E-state index contributed by atoms with van der Waals surface area (Å²) in [5.41, 5.74) is 6.16. The standard InChI is InChI=1S/C10H12N2O4/c1-6(13)14-4-7-5-15-10-9(16-7)8(11)2-3-12-10/h2-3,7H,4-5H2,1H3,(H2,11,12). The van der Waals surface area contributed by atoms with Crippen molar-refractivity contribution in [2.45, 2.75) is 13.0 Å². The van der Waals surface area contributed by atoms with E-state index in [1.54, 1.807) is 12.3 Å². The molecule has 0 saturated carbocycles. The third kappa shape index (κ3) is 2.16. The molecule has 2 N–H and O–H groups in total. The monoisotopic (exact) mass is 224 g/mol. The van der Waals surface area contributed by atoms with Crippen molar-refractivity contribution in [2.75, 3.05) is 18.9 Å². The van der Waals surface area contributed by atoms with Gasteiger partial charge in [-0.05, 0) is 6.07 Å². The highest BCUT2D eigenvalue weighted by molar-refractivity contribution is 5.66. The average molecular weight is 224 g/mol. The van der Waals surface area contributed by atoms with Crippen LogP contribution in [0.4, 0.5) is 5.69 Å². The second-order valence-corrected chi connectivity index (χ2v) is 3.39. The minimum absolute atomic E-state index is 0.142. The highest BCUT2D eigenvalue weighted by Crippen LogP contribution is 2.34. The van der Waals surface area contributed by atoms with E-state index in [4.69, 9.17) is 19.9 Å². The van der Waals surface area contributed by atoms with E-state index in [1.807, 2.05) is 0 Å². The Bertz CT molecular complexity index is 408. The number of ether oxygens (including phenoxy) is 3. The number of nitrogens with zero attached hydrogens (tertiary/aromatic N) is 1. The van der Waals surface area contributed by atoms with Gasteiger partial charge in [0, 0.05) is 13.1 Å². The summed E-state index contributed by atoms with van der Waals surface area (Å²) in [6, 6.07) is 1.62. The number of rotatable bonds is 2. The van der Waals surface area contributed by atoms with Gasteiger partial charge in [-0.25, -0.2) is 4.98 Å². The van der Waals surface area contributed by atoms with Crippen LogP contribution in [0, 0.1) is 0 Å². The van der Waals surface area contributed by atoms with Gasteiger partial charge in [-0.2, -0.15) is 0 Å². The van der Waals surface area contributed by atoms with Crippen molar-refractivity contribution in [3.05, 3.63) is 12.3 Å². The first kappa shape index (κ1) is 10.5. The van der Waals surface area contributed by atoms with E-state index in [9.17, 15) is 4.79 Å². The van der Waals surface area contributed by atoms with Crippen LogP contribution in [0.15, 0.2) is 12.3 Å². The highest BCUT2D eigenvalue weighted by atomic mass is 16.6. The molecular formula is C10H12N2O4. The van der Waals surface area contributed by atoms with Gasteiger partial charge in [0.1, 0.15) is 13.2 Å². The van der Waals surface area contributed by atoms with E-state index in [-0.39, 0.29) is 25.3 Å². The van der Waals surface area contributed by atoms with Gasteiger partial charge in [0.2, 0.25) is 5.75 Å². The van der Waals surface area contributed by atoms with Crippen molar-refractivity contribution in [3.63, 3.8) is 0 Å². The van der Waals surface area contributed by atoms with Gasteiger partial charge < -0.3 is 19.9 Å². The zero-order valence-corrected chi connectivity index (χ0v) is 8.80. The fourth-order valence-corrected chi connectivity index (χ4v) is 1.33. The average Bonchev–Trinajstić information content (AvgIpc) is 2.27. The van der Waals surface area contributed by atoms with Crippen molar-refractivity contribution >= 4 is 11.7 Å². The topological polar surface area (TPSA) is 83.7 Å². The van der Waals surface area contributed by atoms with Gasteiger partial charge >= 0.3 is 5.97 Å². The number of nitrogens with two attached hydrogens (primary N) is 1. The number of hydrogen-bond acceptors (Lipinski definition) is 6. The molecule has 6 heteroatoms. The van der Waals surface area contributed by atoms with Gasteiger partial charge in [-0.15, -0.1) is 0 Å². The zero-order valence-electron chi connectivity index (χ0n) is 8.80. The molecule has 0 radical (unpaired) electrons. The van der Waals surface area contributed by atoms with Crippen molar-refractivity contribution in [1.29, 1.82) is 0 Å². The second-order valence-electron chi connectivity index (χ2n) is 3.39. The van der Waals surface area contributed by atoms with Crippen molar-refractivity contribution in [2.24, 2.45) is 0 Å². The van der Waals surface area contributed by atoms with Crippen LogP contribution in [-0.2, 0) is 9.53 Å². The quantitative estimate of drug-likeness (QED) is 0.730. The first-order valence-electron chi connectivity index (χ1n) is 4.84. The summed E-state index contributed by atoms with van der Waals surface area (Å²) < 4.78 is 15.7. The molecule has 2 heterocycles. The van der Waals surface area contributed by atoms with Crippen LogP contribution in [0.5, 0.6) is 11.6 Å². The smallest absolute Gasteiger partial charge is 0.302 e. The SMILES string of the molecule is CC(=O)OCC1COc2nccc(N)c2O1. The van der Waals surface area contributed by atoms with Crippen molar-refractivity contribution in [3.8, 4) is 11.6 Å². The van der Waals surface area contributed by atoms with Gasteiger partial charge in [0.05, 0.1) is 5.69 Å². The lowest BCUT2D eigenvalue weighted by Crippen LogP contribution is -2.34. The predicted octanol–water partition coefficient (Wildman–Crippen LogP) is 0.367. The Kier molecular flexibility index (Phi) is 2.80. The molecule has 1 aliphatic heterocycles. The molecule has 0 aliphatic carbocycles. The third-order valence-corrected chi connectivity index (χ3v) is 2.07. The summed E-state index contributed by atoms with van der Waals surface area (Å²) in [6.07, 6.45) is 1.20. The normalized spacial score (nSPS) is 17.9. The second kappa shape index (κ2) is 4.26. The lowest BCUT2D eigenvalue weighted by Gasteiger charge is -2.25. The first-order valence-corrected chi connectivity index (χ1v) is 4.84. The molecule has 6 nitrogen and oxygen atoms in total. The summed E-state index contributed by atoms with van der Waals surface area (Å²) in [6.45, 7) is 1.77. The number of nitrogen functional groups attached to an aromatic ring is 1. The van der Waals surface area contributed by atoms with Crippen LogP contribution in [0.1, 0.15) is 6.92 Å². The van der Waals surface area contributed by atoms with Crippen molar-refractivity contribution in [1.82, 2.24) is 4.98 Å². The number of hydrogen-bond donors (Lipinski definition) is 1. The molecule has 0 bridgehead atoms. The fraction of sp³-hybridized carbons (Fsp3) is 0.400. The maximum Gasteiger partial charge on any atom is 0.302 e. The Morgan fingerprint density at radius 3 is 3.31 bits per heavy atom. The van der Waals surface area contributed by atoms with Gasteiger partial charge in [0.15, 0.2) is 6.10 Å². The van der Waals surface area contributed by atoms with E-state index in [2.05, 4.69) is 4.98 Å². The van der Waals surface area contributed by atoms with Gasteiger partial charge in [-0.1, -0.05) is 0 Å². The molecule has 1 atom stereocenters. The minimum Gasteiger partial charge on any atom is -0.476 e. The Morgan fingerprint density at radius 2 is 2.56 bits per heavy atom. The van der Waals surface area contributed by atoms with E-state index >= 15 is 0 Å². The summed E-state index contributed by atoms with van der Waals surface area (Å²) in [5, 5.41) is 0. The van der Waals surface area contributed by atoms with E-state index < -0.39 is 0 Å². The van der Waals surface area contributed by atoms with E-state index in [1.165, 1.54) is 6.92 Å². The maximum atomic E-state index is 10.6. The number of carbonyl (C=O) groups excluding carboxylic acids is 1. The number of fused-ring (bicyclic) bond motifs is 1. The molecule has 1 unspecified atom stereocenters. The molecule has 0 saturated heterocycles. The molecule has 1 aromatic heterocycles. The first-order chi connectivity index (χ1) is 7.66. The fourth-order valence-electron chi connectivity index (χ4n) is 1.33. The molecule has 0 aromatic carbocycles. The summed E-state index contributed by atoms with van der Waals surface area (Å²) in [7, 11) is 0. The van der Waals surface area contributed by atoms with Crippen LogP contribution >= 0.6 is 0 Å². The third-order valence-electron chi connectivity index (χ3n) is 2.07. The van der Waals surface area contributed by atoms with Crippen molar-refractivity contribution < 1.29 is 19.0 Å². The van der Waals surface area contributed by atoms with Crippen LogP contribution < -0.4 is 15.2 Å². The maximum absolute atomic E-state index is 10.6. The van der Waals surface area contributed by atoms with Crippen LogP contribution in [0.2, 0.25) is 0 Å². The molecule has 0 fully saturated rings. The lowest BCUT2D eigenvalue weighted by molar-refractivity contribution is -0.144. The van der Waals surface area contributed by atoms with Gasteiger partial charge in [0.25, 0.3) is 5.88 Å². The van der Waals surface area contributed by atoms with Crippen LogP contribution in [0.3, 0.4) is 0 Å². The number of esters is 1. The summed E-state index contributed by atoms with van der Waals surface area (Å²) in [4.78, 5) is 14.6. The molecule has 1 aromatic rings. The largest absolute Gasteiger partial charge is 0.476 e. The molecule has 2 rings (SSSR count). The minimum atomic E-state index is -0.353. The zero-order chi connectivity index (χ0) is 11.5. The number of anilines is 1. The van der Waals surface area contributed by atoms with Gasteiger partial charge in [-0.3, -0.25) is 4.79 Å². The molecule has 0 spiro atoms. The highest BCUT2D eigenvalue weighted by Gasteiger charge is 2.24. The Hall–Kier alpha value is -1.98. The number of aromatic nitrogens is 1. The molecule has 0 amide bonds. The number of pyridine rings is 1. The molecule has 16 heavy (non-hydrogen) atoms. The molecule has 1 aliphatic rings. The van der Waals surface area contributed by atoms with E-state index in [0.29, 0.717) is 17.3 Å². The lowest BCUT2D eigenvalue weighted by atomic mass is 10.3. The summed E-state index contributed by atoms with van der Waals surface area (Å²) in [5.74, 6) is 0.429. The predicted molar refractivity (Wildman–Crippen MR) is 55.2 cm³/mol. The van der Waals surface area contributed by atoms with Crippen LogP contribution in [0.25, 0.3) is 0 Å². The van der Waals surface area contributed by atoms with E-state index in [0.717, 1.165) is 0 Å². The molecule has 86 valence electrons.